The molecule has 1 atom stereocenters. The second kappa shape index (κ2) is 8.76. The summed E-state index contributed by atoms with van der Waals surface area (Å²) in [7, 11) is 0. The number of likely N-dealkylation sites (tertiary alicyclic amines) is 1. The van der Waals surface area contributed by atoms with E-state index < -0.39 is 0 Å². The van der Waals surface area contributed by atoms with Crippen molar-refractivity contribution >= 4 is 33.3 Å². The van der Waals surface area contributed by atoms with Gasteiger partial charge in [0.1, 0.15) is 0 Å². The third kappa shape index (κ3) is 6.36. The number of thiophene rings is 1. The molecule has 0 bridgehead atoms. The Kier molecular flexibility index (Phi) is 6.99. The Labute approximate surface area is 139 Å². The lowest BCUT2D eigenvalue weighted by atomic mass is 10.0. The van der Waals surface area contributed by atoms with Crippen LogP contribution in [0.1, 0.15) is 31.1 Å². The number of urea groups is 1. The molecule has 0 spiro atoms. The van der Waals surface area contributed by atoms with Gasteiger partial charge in [0.05, 0.1) is 10.3 Å². The van der Waals surface area contributed by atoms with Crippen LogP contribution in [0.2, 0.25) is 0 Å². The average Bonchev–Trinajstić information content (AvgIpc) is 2.87. The second-order valence-electron chi connectivity index (χ2n) is 5.72. The molecule has 118 valence electrons. The minimum Gasteiger partial charge on any atom is -0.338 e. The van der Waals surface area contributed by atoms with E-state index in [2.05, 4.69) is 38.4 Å². The number of nitrogens with one attached hydrogen (secondary N) is 2. The first-order chi connectivity index (χ1) is 10.1. The minimum atomic E-state index is -0.0773. The van der Waals surface area contributed by atoms with Crippen molar-refractivity contribution in [3.8, 4) is 0 Å². The molecule has 4 nitrogen and oxygen atoms in total. The van der Waals surface area contributed by atoms with Crippen molar-refractivity contribution in [1.29, 1.82) is 0 Å². The first-order valence-electron chi connectivity index (χ1n) is 7.62. The monoisotopic (exact) mass is 373 g/mol. The van der Waals surface area contributed by atoms with Crippen molar-refractivity contribution in [2.24, 2.45) is 5.92 Å². The highest BCUT2D eigenvalue weighted by Crippen LogP contribution is 2.21. The van der Waals surface area contributed by atoms with Crippen LogP contribution in [0.4, 0.5) is 4.79 Å². The van der Waals surface area contributed by atoms with Crippen LogP contribution >= 0.6 is 27.3 Å². The SMILES string of the molecule is CC1CCCN(CCCNC(=O)NCc2ccc(Br)s2)C1. The first-order valence-corrected chi connectivity index (χ1v) is 9.22. The van der Waals surface area contributed by atoms with Crippen molar-refractivity contribution < 1.29 is 4.79 Å². The van der Waals surface area contributed by atoms with Gasteiger partial charge in [-0.25, -0.2) is 4.79 Å². The van der Waals surface area contributed by atoms with Gasteiger partial charge in [-0.2, -0.15) is 0 Å². The van der Waals surface area contributed by atoms with Crippen molar-refractivity contribution in [1.82, 2.24) is 15.5 Å². The summed E-state index contributed by atoms with van der Waals surface area (Å²) >= 11 is 5.06. The Morgan fingerprint density at radius 1 is 1.48 bits per heavy atom. The van der Waals surface area contributed by atoms with E-state index in [0.29, 0.717) is 6.54 Å². The summed E-state index contributed by atoms with van der Waals surface area (Å²) in [6.07, 6.45) is 3.69. The van der Waals surface area contributed by atoms with Crippen LogP contribution in [-0.2, 0) is 6.54 Å². The van der Waals surface area contributed by atoms with Gasteiger partial charge in [0.2, 0.25) is 0 Å². The van der Waals surface area contributed by atoms with E-state index in [4.69, 9.17) is 0 Å². The van der Waals surface area contributed by atoms with Crippen molar-refractivity contribution in [2.45, 2.75) is 32.7 Å². The summed E-state index contributed by atoms with van der Waals surface area (Å²) < 4.78 is 1.09. The molecular formula is C15H24BrN3OS. The van der Waals surface area contributed by atoms with Crippen LogP contribution < -0.4 is 10.6 Å². The maximum Gasteiger partial charge on any atom is 0.315 e. The number of halogens is 1. The van der Waals surface area contributed by atoms with Gasteiger partial charge in [-0.3, -0.25) is 0 Å². The fraction of sp³-hybridized carbons (Fsp3) is 0.667. The highest BCUT2D eigenvalue weighted by molar-refractivity contribution is 9.11. The lowest BCUT2D eigenvalue weighted by molar-refractivity contribution is 0.181. The number of rotatable bonds is 6. The second-order valence-corrected chi connectivity index (χ2v) is 8.26. The molecule has 1 saturated heterocycles. The Morgan fingerprint density at radius 3 is 3.05 bits per heavy atom. The molecule has 1 aliphatic heterocycles. The molecule has 1 aromatic heterocycles. The normalized spacial score (nSPS) is 19.4. The number of hydrogen-bond donors (Lipinski definition) is 2. The third-order valence-corrected chi connectivity index (χ3v) is 5.35. The predicted octanol–water partition coefficient (Wildman–Crippen LogP) is 3.43. The number of piperidine rings is 1. The van der Waals surface area contributed by atoms with Crippen LogP contribution in [-0.4, -0.2) is 37.1 Å². The summed E-state index contributed by atoms with van der Waals surface area (Å²) in [5, 5.41) is 5.81. The molecule has 1 unspecified atom stereocenters. The van der Waals surface area contributed by atoms with Crippen LogP contribution in [0.3, 0.4) is 0 Å². The molecule has 0 saturated carbocycles. The summed E-state index contributed by atoms with van der Waals surface area (Å²) in [5.41, 5.74) is 0. The zero-order chi connectivity index (χ0) is 15.1. The molecule has 21 heavy (non-hydrogen) atoms. The van der Waals surface area contributed by atoms with Crippen LogP contribution in [0.5, 0.6) is 0 Å². The van der Waals surface area contributed by atoms with Crippen LogP contribution in [0.15, 0.2) is 15.9 Å². The summed E-state index contributed by atoms with van der Waals surface area (Å²) in [4.78, 5) is 15.3. The largest absolute Gasteiger partial charge is 0.338 e. The third-order valence-electron chi connectivity index (χ3n) is 3.73. The van der Waals surface area contributed by atoms with Crippen molar-refractivity contribution in [3.63, 3.8) is 0 Å². The Hall–Kier alpha value is -0.590. The lowest BCUT2D eigenvalue weighted by Gasteiger charge is -2.30. The van der Waals surface area contributed by atoms with E-state index in [0.717, 1.165) is 34.1 Å². The summed E-state index contributed by atoms with van der Waals surface area (Å²) in [6.45, 7) is 7.16. The first kappa shape index (κ1) is 16.8. The summed E-state index contributed by atoms with van der Waals surface area (Å²) in [6, 6.07) is 3.94. The summed E-state index contributed by atoms with van der Waals surface area (Å²) in [5.74, 6) is 0.820. The van der Waals surface area contributed by atoms with Gasteiger partial charge in [0, 0.05) is 18.0 Å². The van der Waals surface area contributed by atoms with Gasteiger partial charge in [-0.05, 0) is 66.3 Å². The molecule has 2 N–H and O–H groups in total. The lowest BCUT2D eigenvalue weighted by Crippen LogP contribution is -2.38. The molecule has 6 heteroatoms. The van der Waals surface area contributed by atoms with Gasteiger partial charge >= 0.3 is 6.03 Å². The fourth-order valence-corrected chi connectivity index (χ4v) is 4.09. The van der Waals surface area contributed by atoms with Crippen LogP contribution in [0, 0.1) is 5.92 Å². The molecule has 0 radical (unpaired) electrons. The average molecular weight is 374 g/mol. The number of carbonyl (C=O) groups is 1. The van der Waals surface area contributed by atoms with Gasteiger partial charge in [-0.15, -0.1) is 11.3 Å². The van der Waals surface area contributed by atoms with Crippen molar-refractivity contribution in [3.05, 3.63) is 20.8 Å². The maximum atomic E-state index is 11.7. The minimum absolute atomic E-state index is 0.0773. The van der Waals surface area contributed by atoms with Gasteiger partial charge < -0.3 is 15.5 Å². The van der Waals surface area contributed by atoms with Gasteiger partial charge in [0.25, 0.3) is 0 Å². The molecule has 2 amide bonds. The molecular weight excluding hydrogens is 350 g/mol. The zero-order valence-corrected chi connectivity index (χ0v) is 14.9. The number of amides is 2. The molecule has 2 rings (SSSR count). The van der Waals surface area contributed by atoms with Crippen LogP contribution in [0.25, 0.3) is 0 Å². The maximum absolute atomic E-state index is 11.7. The van der Waals surface area contributed by atoms with Gasteiger partial charge in [0.15, 0.2) is 0 Å². The van der Waals surface area contributed by atoms with E-state index in [9.17, 15) is 4.79 Å². The molecule has 2 heterocycles. The fourth-order valence-electron chi connectivity index (χ4n) is 2.67. The van der Waals surface area contributed by atoms with E-state index >= 15 is 0 Å². The molecule has 1 aromatic rings. The number of hydrogen-bond acceptors (Lipinski definition) is 3. The standard InChI is InChI=1S/C15H24BrN3OS/c1-12-4-2-8-19(11-12)9-3-7-17-15(20)18-10-13-5-6-14(16)21-13/h5-6,12H,2-4,7-11H2,1H3,(H2,17,18,20). The topological polar surface area (TPSA) is 44.4 Å². The van der Waals surface area contributed by atoms with E-state index in [1.807, 2.05) is 12.1 Å². The smallest absolute Gasteiger partial charge is 0.315 e. The Morgan fingerprint density at radius 2 is 2.33 bits per heavy atom. The highest BCUT2D eigenvalue weighted by atomic mass is 79.9. The molecule has 0 aromatic carbocycles. The number of carbonyl (C=O) groups excluding carboxylic acids is 1. The quantitative estimate of drug-likeness (QED) is 0.750. The number of nitrogens with zero attached hydrogens (tertiary/aromatic N) is 1. The van der Waals surface area contributed by atoms with Gasteiger partial charge in [-0.1, -0.05) is 6.92 Å². The Bertz CT molecular complexity index is 452. The predicted molar refractivity (Wildman–Crippen MR) is 91.7 cm³/mol. The molecule has 0 aliphatic carbocycles. The highest BCUT2D eigenvalue weighted by Gasteiger charge is 2.15. The molecule has 1 aliphatic rings. The van der Waals surface area contributed by atoms with E-state index in [1.165, 1.54) is 25.9 Å². The van der Waals surface area contributed by atoms with E-state index in [-0.39, 0.29) is 6.03 Å². The zero-order valence-electron chi connectivity index (χ0n) is 12.5. The molecule has 1 fully saturated rings. The van der Waals surface area contributed by atoms with Crippen molar-refractivity contribution in [2.75, 3.05) is 26.2 Å². The Balaban J connectivity index is 1.53. The van der Waals surface area contributed by atoms with E-state index in [1.54, 1.807) is 11.3 Å².